The minimum absolute atomic E-state index is 0.595. The Morgan fingerprint density at radius 1 is 1.00 bits per heavy atom. The van der Waals surface area contributed by atoms with Gasteiger partial charge in [0, 0.05) is 6.54 Å². The van der Waals surface area contributed by atoms with E-state index in [4.69, 9.17) is 0 Å². The van der Waals surface area contributed by atoms with Gasteiger partial charge >= 0.3 is 0 Å². The summed E-state index contributed by atoms with van der Waals surface area (Å²) in [6.07, 6.45) is 0. The van der Waals surface area contributed by atoms with E-state index < -0.39 is 0 Å². The van der Waals surface area contributed by atoms with Crippen molar-refractivity contribution in [2.24, 2.45) is 5.92 Å². The van der Waals surface area contributed by atoms with Crippen LogP contribution in [-0.4, -0.2) is 13.1 Å². The highest BCUT2D eigenvalue weighted by Gasteiger charge is 2.06. The quantitative estimate of drug-likeness (QED) is 0.797. The van der Waals surface area contributed by atoms with Crippen LogP contribution in [0.15, 0.2) is 18.2 Å². The molecule has 1 heteroatoms. The zero-order valence-electron chi connectivity index (χ0n) is 11.3. The van der Waals surface area contributed by atoms with E-state index in [1.165, 1.54) is 16.7 Å². The van der Waals surface area contributed by atoms with Crippen LogP contribution in [-0.2, 0) is 0 Å². The van der Waals surface area contributed by atoms with Gasteiger partial charge in [-0.25, -0.2) is 0 Å². The number of aryl methyl sites for hydroxylation is 2. The molecule has 0 aromatic heterocycles. The van der Waals surface area contributed by atoms with Gasteiger partial charge in [0.15, 0.2) is 0 Å². The Balaban J connectivity index is 2.52. The predicted molar refractivity (Wildman–Crippen MR) is 72.0 cm³/mol. The van der Waals surface area contributed by atoms with Crippen molar-refractivity contribution in [2.75, 3.05) is 13.1 Å². The molecule has 0 bridgehead atoms. The molecule has 1 atom stereocenters. The van der Waals surface area contributed by atoms with Crippen LogP contribution in [0.4, 0.5) is 0 Å². The molecule has 0 fully saturated rings. The molecule has 1 aromatic rings. The minimum Gasteiger partial charge on any atom is -0.316 e. The van der Waals surface area contributed by atoms with Gasteiger partial charge in [0.2, 0.25) is 0 Å². The molecule has 0 heterocycles. The van der Waals surface area contributed by atoms with Crippen LogP contribution < -0.4 is 5.32 Å². The van der Waals surface area contributed by atoms with E-state index >= 15 is 0 Å². The van der Waals surface area contributed by atoms with Crippen molar-refractivity contribution in [3.05, 3.63) is 34.9 Å². The summed E-state index contributed by atoms with van der Waals surface area (Å²) < 4.78 is 0. The topological polar surface area (TPSA) is 12.0 Å². The first-order valence-corrected chi connectivity index (χ1v) is 6.28. The zero-order chi connectivity index (χ0) is 12.1. The Labute approximate surface area is 100 Å². The van der Waals surface area contributed by atoms with E-state index in [1.807, 2.05) is 0 Å². The van der Waals surface area contributed by atoms with Gasteiger partial charge in [-0.2, -0.15) is 0 Å². The summed E-state index contributed by atoms with van der Waals surface area (Å²) in [6, 6.07) is 6.80. The second-order valence-corrected chi connectivity index (χ2v) is 5.30. The van der Waals surface area contributed by atoms with Gasteiger partial charge in [0.25, 0.3) is 0 Å². The van der Waals surface area contributed by atoms with Gasteiger partial charge in [-0.1, -0.05) is 39.0 Å². The number of hydrogen-bond acceptors (Lipinski definition) is 1. The molecule has 16 heavy (non-hydrogen) atoms. The second kappa shape index (κ2) is 6.05. The Morgan fingerprint density at radius 2 is 1.69 bits per heavy atom. The molecule has 0 aliphatic heterocycles. The molecule has 0 radical (unpaired) electrons. The molecule has 1 rings (SSSR count). The van der Waals surface area contributed by atoms with Gasteiger partial charge in [0.05, 0.1) is 0 Å². The highest BCUT2D eigenvalue weighted by Crippen LogP contribution is 2.18. The molecule has 0 aliphatic rings. The molecule has 1 aromatic carbocycles. The first-order chi connectivity index (χ1) is 7.50. The lowest BCUT2D eigenvalue weighted by Gasteiger charge is -2.15. The fraction of sp³-hybridized carbons (Fsp3) is 0.600. The van der Waals surface area contributed by atoms with Crippen molar-refractivity contribution < 1.29 is 0 Å². The van der Waals surface area contributed by atoms with Crippen LogP contribution in [0.3, 0.4) is 0 Å². The van der Waals surface area contributed by atoms with Crippen LogP contribution in [0.1, 0.15) is 43.4 Å². The Morgan fingerprint density at radius 3 is 2.25 bits per heavy atom. The average molecular weight is 219 g/mol. The molecule has 0 saturated heterocycles. The Kier molecular flexibility index (Phi) is 5.01. The van der Waals surface area contributed by atoms with Crippen molar-refractivity contribution in [1.82, 2.24) is 5.32 Å². The average Bonchev–Trinajstić information content (AvgIpc) is 2.21. The van der Waals surface area contributed by atoms with Gasteiger partial charge in [-0.15, -0.1) is 0 Å². The third-order valence-electron chi connectivity index (χ3n) is 3.10. The van der Waals surface area contributed by atoms with E-state index in [0.717, 1.165) is 19.0 Å². The van der Waals surface area contributed by atoms with E-state index in [-0.39, 0.29) is 0 Å². The van der Waals surface area contributed by atoms with Crippen LogP contribution in [0.25, 0.3) is 0 Å². The van der Waals surface area contributed by atoms with Crippen molar-refractivity contribution in [3.63, 3.8) is 0 Å². The van der Waals surface area contributed by atoms with Crippen molar-refractivity contribution in [3.8, 4) is 0 Å². The number of rotatable bonds is 5. The summed E-state index contributed by atoms with van der Waals surface area (Å²) in [7, 11) is 0. The van der Waals surface area contributed by atoms with Crippen molar-refractivity contribution in [1.29, 1.82) is 0 Å². The van der Waals surface area contributed by atoms with Gasteiger partial charge in [-0.05, 0) is 48.9 Å². The Hall–Kier alpha value is -0.820. The third kappa shape index (κ3) is 3.97. The molecule has 0 spiro atoms. The second-order valence-electron chi connectivity index (χ2n) is 5.30. The van der Waals surface area contributed by atoms with Crippen LogP contribution >= 0.6 is 0 Å². The number of nitrogens with one attached hydrogen (secondary N) is 1. The molecular weight excluding hydrogens is 194 g/mol. The first-order valence-electron chi connectivity index (χ1n) is 6.28. The standard InChI is InChI=1S/C15H25N/c1-11(2)9-16-10-14(5)15-7-6-12(3)13(4)8-15/h6-8,11,14,16H,9-10H2,1-5H3. The minimum atomic E-state index is 0.595. The molecule has 1 unspecified atom stereocenters. The predicted octanol–water partition coefficient (Wildman–Crippen LogP) is 3.65. The summed E-state index contributed by atoms with van der Waals surface area (Å²) in [6.45, 7) is 13.3. The van der Waals surface area contributed by atoms with E-state index in [0.29, 0.717) is 5.92 Å². The lowest BCUT2D eigenvalue weighted by molar-refractivity contribution is 0.528. The molecule has 0 saturated carbocycles. The van der Waals surface area contributed by atoms with Gasteiger partial charge in [-0.3, -0.25) is 0 Å². The highest BCUT2D eigenvalue weighted by atomic mass is 14.9. The summed E-state index contributed by atoms with van der Waals surface area (Å²) in [5, 5.41) is 3.52. The number of hydrogen-bond donors (Lipinski definition) is 1. The molecular formula is C15H25N. The van der Waals surface area contributed by atoms with Crippen molar-refractivity contribution in [2.45, 2.75) is 40.5 Å². The molecule has 1 nitrogen and oxygen atoms in total. The summed E-state index contributed by atoms with van der Waals surface area (Å²) in [5.41, 5.74) is 4.22. The van der Waals surface area contributed by atoms with Gasteiger partial charge < -0.3 is 5.32 Å². The fourth-order valence-electron chi connectivity index (χ4n) is 1.78. The van der Waals surface area contributed by atoms with Crippen LogP contribution in [0.5, 0.6) is 0 Å². The Bertz CT molecular complexity index is 328. The maximum absolute atomic E-state index is 3.52. The fourth-order valence-corrected chi connectivity index (χ4v) is 1.78. The van der Waals surface area contributed by atoms with E-state index in [9.17, 15) is 0 Å². The number of benzene rings is 1. The van der Waals surface area contributed by atoms with Gasteiger partial charge in [0.1, 0.15) is 0 Å². The molecule has 90 valence electrons. The monoisotopic (exact) mass is 219 g/mol. The third-order valence-corrected chi connectivity index (χ3v) is 3.10. The largest absolute Gasteiger partial charge is 0.316 e. The molecule has 1 N–H and O–H groups in total. The summed E-state index contributed by atoms with van der Waals surface area (Å²) in [4.78, 5) is 0. The maximum atomic E-state index is 3.52. The van der Waals surface area contributed by atoms with E-state index in [1.54, 1.807) is 0 Å². The van der Waals surface area contributed by atoms with Crippen LogP contribution in [0, 0.1) is 19.8 Å². The summed E-state index contributed by atoms with van der Waals surface area (Å²) >= 11 is 0. The smallest absolute Gasteiger partial charge is 0.00176 e. The summed E-state index contributed by atoms with van der Waals surface area (Å²) in [5.74, 6) is 1.32. The maximum Gasteiger partial charge on any atom is 0.00176 e. The SMILES string of the molecule is Cc1ccc(C(C)CNCC(C)C)cc1C. The lowest BCUT2D eigenvalue weighted by atomic mass is 9.97. The highest BCUT2D eigenvalue weighted by molar-refractivity contribution is 5.31. The molecule has 0 aliphatic carbocycles. The first kappa shape index (κ1) is 13.2. The zero-order valence-corrected chi connectivity index (χ0v) is 11.3. The lowest BCUT2D eigenvalue weighted by Crippen LogP contribution is -2.24. The van der Waals surface area contributed by atoms with Crippen LogP contribution in [0.2, 0.25) is 0 Å². The normalized spacial score (nSPS) is 13.1. The van der Waals surface area contributed by atoms with E-state index in [2.05, 4.69) is 58.1 Å². The molecule has 0 amide bonds. The van der Waals surface area contributed by atoms with Crippen molar-refractivity contribution >= 4 is 0 Å².